The first-order chi connectivity index (χ1) is 16.5. The lowest BCUT2D eigenvalue weighted by Crippen LogP contribution is -2.48. The fourth-order valence-corrected chi connectivity index (χ4v) is 3.74. The molecule has 0 unspecified atom stereocenters. The van der Waals surface area contributed by atoms with E-state index >= 15 is 0 Å². The molecule has 0 aliphatic carbocycles. The van der Waals surface area contributed by atoms with Crippen molar-refractivity contribution < 1.29 is 29.3 Å². The van der Waals surface area contributed by atoms with E-state index in [2.05, 4.69) is 10.00 Å². The number of aromatic nitrogens is 2. The SMILES string of the molecule is CC(=O)N1CCN(CCCCOc2nn(-c3ccc(Cl)c(Cl)c3)c(C)c2C)CC1.O=C(O)C(=O)O. The summed E-state index contributed by atoms with van der Waals surface area (Å²) >= 11 is 12.2. The van der Waals surface area contributed by atoms with Gasteiger partial charge in [0, 0.05) is 44.4 Å². The van der Waals surface area contributed by atoms with Gasteiger partial charge in [-0.2, -0.15) is 0 Å². The number of halogens is 2. The average Bonchev–Trinajstić information content (AvgIpc) is 3.10. The van der Waals surface area contributed by atoms with Crippen molar-refractivity contribution >= 4 is 41.0 Å². The second-order valence-corrected chi connectivity index (χ2v) is 8.85. The lowest BCUT2D eigenvalue weighted by Gasteiger charge is -2.34. The molecule has 10 nitrogen and oxygen atoms in total. The van der Waals surface area contributed by atoms with Crippen LogP contribution in [0.1, 0.15) is 31.0 Å². The van der Waals surface area contributed by atoms with Crippen LogP contribution in [-0.2, 0) is 14.4 Å². The molecule has 1 saturated heterocycles. The van der Waals surface area contributed by atoms with Crippen LogP contribution in [-0.4, -0.2) is 87.0 Å². The first-order valence-electron chi connectivity index (χ1n) is 11.1. The van der Waals surface area contributed by atoms with E-state index in [1.807, 2.05) is 29.5 Å². The smallest absolute Gasteiger partial charge is 0.414 e. The standard InChI is InChI=1S/C21H28Cl2N4O2.C2H2O4/c1-15-16(2)27(18-6-7-19(22)20(23)14-18)24-21(15)29-13-5-4-8-25-9-11-26(12-10-25)17(3)28;3-1(4)2(5)6/h6-7,14H,4-5,8-13H2,1-3H3;(H,3,4)(H,5,6). The van der Waals surface area contributed by atoms with Gasteiger partial charge in [-0.3, -0.25) is 9.69 Å². The van der Waals surface area contributed by atoms with E-state index in [1.54, 1.807) is 19.1 Å². The highest BCUT2D eigenvalue weighted by Crippen LogP contribution is 2.28. The number of unbranched alkanes of at least 4 members (excludes halogenated alkanes) is 1. The number of hydrogen-bond donors (Lipinski definition) is 2. The predicted octanol–water partition coefficient (Wildman–Crippen LogP) is 3.27. The maximum Gasteiger partial charge on any atom is 0.414 e. The third kappa shape index (κ3) is 8.41. The Morgan fingerprint density at radius 2 is 1.63 bits per heavy atom. The molecule has 1 aliphatic heterocycles. The highest BCUT2D eigenvalue weighted by molar-refractivity contribution is 6.42. The normalized spacial score (nSPS) is 13.7. The molecule has 0 saturated carbocycles. The summed E-state index contributed by atoms with van der Waals surface area (Å²) < 4.78 is 7.78. The molecule has 1 aliphatic rings. The fraction of sp³-hybridized carbons (Fsp3) is 0.478. The summed E-state index contributed by atoms with van der Waals surface area (Å²) in [5, 5.41) is 20.4. The highest BCUT2D eigenvalue weighted by atomic mass is 35.5. The molecule has 3 rings (SSSR count). The van der Waals surface area contributed by atoms with Crippen molar-refractivity contribution in [3.05, 3.63) is 39.5 Å². The van der Waals surface area contributed by atoms with Gasteiger partial charge in [0.15, 0.2) is 0 Å². The molecule has 1 fully saturated rings. The quantitative estimate of drug-likeness (QED) is 0.414. The zero-order valence-corrected chi connectivity index (χ0v) is 21.5. The summed E-state index contributed by atoms with van der Waals surface area (Å²) in [5.41, 5.74) is 2.90. The van der Waals surface area contributed by atoms with Gasteiger partial charge in [-0.15, -0.1) is 5.10 Å². The van der Waals surface area contributed by atoms with Gasteiger partial charge in [-0.25, -0.2) is 14.3 Å². The van der Waals surface area contributed by atoms with Crippen molar-refractivity contribution in [2.45, 2.75) is 33.6 Å². The number of benzene rings is 1. The number of rotatable bonds is 7. The first kappa shape index (κ1) is 28.4. The van der Waals surface area contributed by atoms with E-state index in [1.165, 1.54) is 0 Å². The first-order valence-corrected chi connectivity index (χ1v) is 11.8. The molecule has 12 heteroatoms. The molecule has 0 radical (unpaired) electrons. The molecular weight excluding hydrogens is 499 g/mol. The van der Waals surface area contributed by atoms with Crippen molar-refractivity contribution in [2.24, 2.45) is 0 Å². The monoisotopic (exact) mass is 528 g/mol. The number of ether oxygens (including phenoxy) is 1. The van der Waals surface area contributed by atoms with Crippen LogP contribution in [0.4, 0.5) is 0 Å². The number of carboxylic acid groups (broad SMARTS) is 2. The Balaban J connectivity index is 0.000000641. The number of nitrogens with zero attached hydrogens (tertiary/aromatic N) is 4. The number of piperazine rings is 1. The average molecular weight is 529 g/mol. The predicted molar refractivity (Wildman–Crippen MR) is 132 cm³/mol. The van der Waals surface area contributed by atoms with Gasteiger partial charge in [0.05, 0.1) is 22.3 Å². The Hall–Kier alpha value is -2.82. The Morgan fingerprint density at radius 3 is 2.17 bits per heavy atom. The van der Waals surface area contributed by atoms with Crippen LogP contribution in [0.15, 0.2) is 18.2 Å². The summed E-state index contributed by atoms with van der Waals surface area (Å²) in [6.45, 7) is 10.9. The zero-order valence-electron chi connectivity index (χ0n) is 20.0. The summed E-state index contributed by atoms with van der Waals surface area (Å²) in [6.07, 6.45) is 2.02. The lowest BCUT2D eigenvalue weighted by atomic mass is 10.2. The molecular formula is C23H30Cl2N4O6. The molecule has 35 heavy (non-hydrogen) atoms. The van der Waals surface area contributed by atoms with E-state index in [9.17, 15) is 4.79 Å². The molecule has 192 valence electrons. The van der Waals surface area contributed by atoms with E-state index in [-0.39, 0.29) is 5.91 Å². The Labute approximate surface area is 214 Å². The minimum absolute atomic E-state index is 0.170. The summed E-state index contributed by atoms with van der Waals surface area (Å²) in [7, 11) is 0. The largest absolute Gasteiger partial charge is 0.476 e. The topological polar surface area (TPSA) is 125 Å². The second-order valence-electron chi connectivity index (χ2n) is 8.04. The Kier molecular flexibility index (Phi) is 10.8. The van der Waals surface area contributed by atoms with Crippen LogP contribution in [0, 0.1) is 13.8 Å². The minimum Gasteiger partial charge on any atom is -0.476 e. The Bertz CT molecular complexity index is 1040. The van der Waals surface area contributed by atoms with Crippen LogP contribution in [0.2, 0.25) is 10.0 Å². The van der Waals surface area contributed by atoms with Crippen LogP contribution in [0.25, 0.3) is 5.69 Å². The zero-order chi connectivity index (χ0) is 26.1. The molecule has 1 aromatic carbocycles. The van der Waals surface area contributed by atoms with Gasteiger partial charge < -0.3 is 19.8 Å². The van der Waals surface area contributed by atoms with Crippen molar-refractivity contribution in [1.82, 2.24) is 19.6 Å². The number of carboxylic acids is 2. The lowest BCUT2D eigenvalue weighted by molar-refractivity contribution is -0.159. The van der Waals surface area contributed by atoms with E-state index in [4.69, 9.17) is 47.7 Å². The van der Waals surface area contributed by atoms with Crippen LogP contribution in [0.3, 0.4) is 0 Å². The van der Waals surface area contributed by atoms with Crippen LogP contribution >= 0.6 is 23.2 Å². The van der Waals surface area contributed by atoms with Gasteiger partial charge in [0.25, 0.3) is 0 Å². The van der Waals surface area contributed by atoms with Crippen molar-refractivity contribution in [2.75, 3.05) is 39.3 Å². The van der Waals surface area contributed by atoms with Gasteiger partial charge >= 0.3 is 11.9 Å². The van der Waals surface area contributed by atoms with Gasteiger partial charge in [-0.05, 0) is 51.4 Å². The number of aliphatic carboxylic acids is 2. The summed E-state index contributed by atoms with van der Waals surface area (Å²) in [5.74, 6) is -2.82. The molecule has 0 atom stereocenters. The molecule has 1 amide bonds. The second kappa shape index (κ2) is 13.3. The third-order valence-corrected chi connectivity index (χ3v) is 6.37. The molecule has 0 bridgehead atoms. The minimum atomic E-state index is -1.82. The van der Waals surface area contributed by atoms with Crippen LogP contribution in [0.5, 0.6) is 5.88 Å². The number of carbonyl (C=O) groups is 3. The third-order valence-electron chi connectivity index (χ3n) is 5.63. The number of amides is 1. The highest BCUT2D eigenvalue weighted by Gasteiger charge is 2.18. The molecule has 2 heterocycles. The summed E-state index contributed by atoms with van der Waals surface area (Å²) in [4.78, 5) is 33.9. The molecule has 1 aromatic heterocycles. The van der Waals surface area contributed by atoms with Gasteiger partial charge in [0.1, 0.15) is 0 Å². The van der Waals surface area contributed by atoms with Gasteiger partial charge in [-0.1, -0.05) is 23.2 Å². The van der Waals surface area contributed by atoms with Gasteiger partial charge in [0.2, 0.25) is 11.8 Å². The van der Waals surface area contributed by atoms with E-state index in [0.717, 1.165) is 62.5 Å². The molecule has 2 N–H and O–H groups in total. The molecule has 0 spiro atoms. The fourth-order valence-electron chi connectivity index (χ4n) is 3.45. The van der Waals surface area contributed by atoms with Crippen molar-refractivity contribution in [3.8, 4) is 11.6 Å². The van der Waals surface area contributed by atoms with E-state index < -0.39 is 11.9 Å². The number of carbonyl (C=O) groups excluding carboxylic acids is 1. The summed E-state index contributed by atoms with van der Waals surface area (Å²) in [6, 6.07) is 5.47. The van der Waals surface area contributed by atoms with Crippen LogP contribution < -0.4 is 4.74 Å². The van der Waals surface area contributed by atoms with E-state index in [0.29, 0.717) is 22.5 Å². The number of hydrogen-bond acceptors (Lipinski definition) is 6. The molecule has 2 aromatic rings. The maximum absolute atomic E-state index is 11.4. The van der Waals surface area contributed by atoms with Crippen molar-refractivity contribution in [1.29, 1.82) is 0 Å². The maximum atomic E-state index is 11.4. The Morgan fingerprint density at radius 1 is 1.00 bits per heavy atom. The van der Waals surface area contributed by atoms with Crippen molar-refractivity contribution in [3.63, 3.8) is 0 Å².